The Morgan fingerprint density at radius 1 is 1.00 bits per heavy atom. The Labute approximate surface area is 141 Å². The Kier molecular flexibility index (Phi) is 4.94. The summed E-state index contributed by atoms with van der Waals surface area (Å²) >= 11 is 0. The van der Waals surface area contributed by atoms with Crippen molar-refractivity contribution in [1.29, 1.82) is 0 Å². The normalized spacial score (nSPS) is 14.4. The van der Waals surface area contributed by atoms with Gasteiger partial charge in [0.15, 0.2) is 5.78 Å². The van der Waals surface area contributed by atoms with E-state index in [1.807, 2.05) is 12.1 Å². The first-order valence-corrected chi connectivity index (χ1v) is 8.31. The van der Waals surface area contributed by atoms with Crippen molar-refractivity contribution in [3.63, 3.8) is 0 Å². The molecule has 0 aliphatic heterocycles. The van der Waals surface area contributed by atoms with Crippen molar-refractivity contribution in [2.75, 3.05) is 5.32 Å². The van der Waals surface area contributed by atoms with Crippen LogP contribution in [0.25, 0.3) is 0 Å². The van der Waals surface area contributed by atoms with E-state index < -0.39 is 0 Å². The molecule has 0 bridgehead atoms. The fourth-order valence-electron chi connectivity index (χ4n) is 2.98. The SMILES string of the molecule is CC(=O)c1ccccc1NC(=O)c1ccc(OC2CCCC2)cc1. The zero-order chi connectivity index (χ0) is 16.9. The second-order valence-corrected chi connectivity index (χ2v) is 6.10. The monoisotopic (exact) mass is 323 g/mol. The second kappa shape index (κ2) is 7.30. The summed E-state index contributed by atoms with van der Waals surface area (Å²) in [7, 11) is 0. The molecule has 24 heavy (non-hydrogen) atoms. The number of ketones is 1. The zero-order valence-electron chi connectivity index (χ0n) is 13.7. The number of hydrogen-bond acceptors (Lipinski definition) is 3. The highest BCUT2D eigenvalue weighted by atomic mass is 16.5. The number of Topliss-reactive ketones (excluding diaryl/α,β-unsaturated/α-hetero) is 1. The van der Waals surface area contributed by atoms with Crippen LogP contribution in [0.5, 0.6) is 5.75 Å². The summed E-state index contributed by atoms with van der Waals surface area (Å²) in [5.41, 5.74) is 1.57. The topological polar surface area (TPSA) is 55.4 Å². The Hall–Kier alpha value is -2.62. The Bertz CT molecular complexity index is 731. The molecule has 1 amide bonds. The average molecular weight is 323 g/mol. The summed E-state index contributed by atoms with van der Waals surface area (Å²) in [5, 5.41) is 2.80. The maximum Gasteiger partial charge on any atom is 0.255 e. The molecule has 2 aromatic rings. The quantitative estimate of drug-likeness (QED) is 0.826. The Morgan fingerprint density at radius 3 is 2.33 bits per heavy atom. The van der Waals surface area contributed by atoms with Gasteiger partial charge < -0.3 is 10.1 Å². The molecular formula is C20H21NO3. The van der Waals surface area contributed by atoms with Crippen molar-refractivity contribution < 1.29 is 14.3 Å². The molecule has 4 heteroatoms. The van der Waals surface area contributed by atoms with Crippen LogP contribution in [0.1, 0.15) is 53.3 Å². The van der Waals surface area contributed by atoms with Crippen LogP contribution >= 0.6 is 0 Å². The molecule has 0 aromatic heterocycles. The summed E-state index contributed by atoms with van der Waals surface area (Å²) < 4.78 is 5.90. The minimum atomic E-state index is -0.240. The van der Waals surface area contributed by atoms with Crippen molar-refractivity contribution in [2.24, 2.45) is 0 Å². The third kappa shape index (κ3) is 3.82. The van der Waals surface area contributed by atoms with Gasteiger partial charge in [-0.3, -0.25) is 9.59 Å². The molecule has 1 aliphatic carbocycles. The fraction of sp³-hybridized carbons (Fsp3) is 0.300. The van der Waals surface area contributed by atoms with E-state index in [4.69, 9.17) is 4.74 Å². The standard InChI is InChI=1S/C20H21NO3/c1-14(22)18-8-4-5-9-19(18)21-20(23)15-10-12-17(13-11-15)24-16-6-2-3-7-16/h4-5,8-13,16H,2-3,6-7H2,1H3,(H,21,23). The lowest BCUT2D eigenvalue weighted by Gasteiger charge is -2.13. The number of hydrogen-bond donors (Lipinski definition) is 1. The van der Waals surface area contributed by atoms with E-state index in [2.05, 4.69) is 5.32 Å². The van der Waals surface area contributed by atoms with Gasteiger partial charge in [0, 0.05) is 11.1 Å². The minimum absolute atomic E-state index is 0.0776. The Balaban J connectivity index is 1.68. The van der Waals surface area contributed by atoms with Crippen LogP contribution in [0, 0.1) is 0 Å². The van der Waals surface area contributed by atoms with Gasteiger partial charge in [0.25, 0.3) is 5.91 Å². The third-order valence-corrected chi connectivity index (χ3v) is 4.28. The predicted octanol–water partition coefficient (Wildman–Crippen LogP) is 4.46. The average Bonchev–Trinajstić information content (AvgIpc) is 3.09. The molecule has 1 aliphatic rings. The van der Waals surface area contributed by atoms with Gasteiger partial charge in [-0.1, -0.05) is 12.1 Å². The predicted molar refractivity (Wildman–Crippen MR) is 93.7 cm³/mol. The highest BCUT2D eigenvalue weighted by Gasteiger charge is 2.17. The lowest BCUT2D eigenvalue weighted by molar-refractivity contribution is 0.101. The number of carbonyl (C=O) groups excluding carboxylic acids is 2. The molecule has 0 atom stereocenters. The van der Waals surface area contributed by atoms with Crippen LogP contribution in [0.3, 0.4) is 0 Å². The first kappa shape index (κ1) is 16.2. The number of rotatable bonds is 5. The molecule has 4 nitrogen and oxygen atoms in total. The molecule has 0 heterocycles. The van der Waals surface area contributed by atoms with Gasteiger partial charge in [-0.15, -0.1) is 0 Å². The molecule has 0 spiro atoms. The van der Waals surface area contributed by atoms with E-state index in [9.17, 15) is 9.59 Å². The van der Waals surface area contributed by atoms with E-state index in [1.54, 1.807) is 36.4 Å². The number of nitrogens with one attached hydrogen (secondary N) is 1. The fourth-order valence-corrected chi connectivity index (χ4v) is 2.98. The largest absolute Gasteiger partial charge is 0.490 e. The molecule has 124 valence electrons. The van der Waals surface area contributed by atoms with Crippen LogP contribution in [0.15, 0.2) is 48.5 Å². The number of carbonyl (C=O) groups is 2. The summed E-state index contributed by atoms with van der Waals surface area (Å²) in [6.45, 7) is 1.49. The summed E-state index contributed by atoms with van der Waals surface area (Å²) in [4.78, 5) is 24.0. The number of benzene rings is 2. The van der Waals surface area contributed by atoms with Gasteiger partial charge in [-0.2, -0.15) is 0 Å². The lowest BCUT2D eigenvalue weighted by atomic mass is 10.1. The molecule has 1 fully saturated rings. The maximum absolute atomic E-state index is 12.4. The number of anilines is 1. The van der Waals surface area contributed by atoms with Gasteiger partial charge in [-0.25, -0.2) is 0 Å². The van der Waals surface area contributed by atoms with E-state index in [0.29, 0.717) is 22.9 Å². The summed E-state index contributed by atoms with van der Waals surface area (Å²) in [6, 6.07) is 14.1. The van der Waals surface area contributed by atoms with Gasteiger partial charge in [0.2, 0.25) is 0 Å². The minimum Gasteiger partial charge on any atom is -0.490 e. The van der Waals surface area contributed by atoms with Crippen molar-refractivity contribution in [1.82, 2.24) is 0 Å². The smallest absolute Gasteiger partial charge is 0.255 e. The number of ether oxygens (including phenoxy) is 1. The van der Waals surface area contributed by atoms with Gasteiger partial charge in [-0.05, 0) is 69.0 Å². The van der Waals surface area contributed by atoms with Crippen LogP contribution in [0.2, 0.25) is 0 Å². The molecule has 3 rings (SSSR count). The second-order valence-electron chi connectivity index (χ2n) is 6.10. The van der Waals surface area contributed by atoms with Crippen molar-refractivity contribution in [3.05, 3.63) is 59.7 Å². The summed E-state index contributed by atoms with van der Waals surface area (Å²) in [6.07, 6.45) is 4.95. The van der Waals surface area contributed by atoms with Crippen LogP contribution < -0.4 is 10.1 Å². The highest BCUT2D eigenvalue weighted by molar-refractivity contribution is 6.09. The lowest BCUT2D eigenvalue weighted by Crippen LogP contribution is -2.14. The van der Waals surface area contributed by atoms with Crippen molar-refractivity contribution in [3.8, 4) is 5.75 Å². The molecule has 1 N–H and O–H groups in total. The molecule has 0 saturated heterocycles. The zero-order valence-corrected chi connectivity index (χ0v) is 13.7. The number of amides is 1. The van der Waals surface area contributed by atoms with E-state index in [1.165, 1.54) is 19.8 Å². The van der Waals surface area contributed by atoms with Crippen molar-refractivity contribution >= 4 is 17.4 Å². The van der Waals surface area contributed by atoms with Gasteiger partial charge >= 0.3 is 0 Å². The van der Waals surface area contributed by atoms with Crippen molar-refractivity contribution in [2.45, 2.75) is 38.7 Å². The maximum atomic E-state index is 12.4. The molecular weight excluding hydrogens is 302 g/mol. The van der Waals surface area contributed by atoms with Crippen LogP contribution in [-0.2, 0) is 0 Å². The molecule has 0 radical (unpaired) electrons. The molecule has 1 saturated carbocycles. The Morgan fingerprint density at radius 2 is 1.67 bits per heavy atom. The molecule has 0 unspecified atom stereocenters. The van der Waals surface area contributed by atoms with E-state index in [-0.39, 0.29) is 11.7 Å². The summed E-state index contributed by atoms with van der Waals surface area (Å²) in [5.74, 6) is 0.477. The highest BCUT2D eigenvalue weighted by Crippen LogP contribution is 2.24. The first-order chi connectivity index (χ1) is 11.6. The third-order valence-electron chi connectivity index (χ3n) is 4.28. The molecule has 2 aromatic carbocycles. The number of para-hydroxylation sites is 1. The van der Waals surface area contributed by atoms with E-state index >= 15 is 0 Å². The van der Waals surface area contributed by atoms with Gasteiger partial charge in [0.05, 0.1) is 11.8 Å². The van der Waals surface area contributed by atoms with Crippen LogP contribution in [-0.4, -0.2) is 17.8 Å². The van der Waals surface area contributed by atoms with Crippen LogP contribution in [0.4, 0.5) is 5.69 Å². The van der Waals surface area contributed by atoms with Gasteiger partial charge in [0.1, 0.15) is 5.75 Å². The first-order valence-electron chi connectivity index (χ1n) is 8.31. The van der Waals surface area contributed by atoms with E-state index in [0.717, 1.165) is 18.6 Å².